The van der Waals surface area contributed by atoms with Crippen LogP contribution in [0, 0.1) is 0 Å². The van der Waals surface area contributed by atoms with Crippen LogP contribution >= 0.6 is 0 Å². The lowest BCUT2D eigenvalue weighted by molar-refractivity contribution is 0.928. The average molecular weight is 202 g/mol. The number of likely N-dealkylation sites (N-methyl/N-ethyl adjacent to an activating group) is 1. The molecule has 0 aliphatic rings. The van der Waals surface area contributed by atoms with E-state index in [1.54, 1.807) is 6.08 Å². The summed E-state index contributed by atoms with van der Waals surface area (Å²) in [5.74, 6) is 0.919. The molecule has 0 heterocycles. The molecule has 80 valence electrons. The summed E-state index contributed by atoms with van der Waals surface area (Å²) in [5, 5.41) is 0. The van der Waals surface area contributed by atoms with Gasteiger partial charge in [-0.25, -0.2) is 0 Å². The predicted octanol–water partition coefficient (Wildman–Crippen LogP) is 3.12. The van der Waals surface area contributed by atoms with Crippen molar-refractivity contribution in [2.24, 2.45) is 4.99 Å². The summed E-state index contributed by atoms with van der Waals surface area (Å²) in [6.07, 6.45) is 2.85. The molecule has 1 aromatic rings. The monoisotopic (exact) mass is 202 g/mol. The van der Waals surface area contributed by atoms with Crippen molar-refractivity contribution >= 4 is 11.5 Å². The SMILES string of the molecule is C=CC(=NCCC)N(C)c1ccccc1. The van der Waals surface area contributed by atoms with Gasteiger partial charge >= 0.3 is 0 Å². The molecule has 0 amide bonds. The molecule has 0 spiro atoms. The molecular formula is C13H18N2. The number of para-hydroxylation sites is 1. The maximum Gasteiger partial charge on any atom is 0.127 e. The molecule has 0 aromatic heterocycles. The lowest BCUT2D eigenvalue weighted by Gasteiger charge is -2.18. The highest BCUT2D eigenvalue weighted by molar-refractivity contribution is 6.04. The largest absolute Gasteiger partial charge is 0.330 e. The minimum atomic E-state index is 0.846. The van der Waals surface area contributed by atoms with Crippen molar-refractivity contribution in [2.75, 3.05) is 18.5 Å². The predicted molar refractivity (Wildman–Crippen MR) is 67.6 cm³/mol. The number of amidine groups is 1. The van der Waals surface area contributed by atoms with Gasteiger partial charge in [-0.15, -0.1) is 0 Å². The maximum atomic E-state index is 4.46. The molecule has 0 saturated heterocycles. The molecule has 0 aliphatic carbocycles. The zero-order chi connectivity index (χ0) is 11.1. The third kappa shape index (κ3) is 3.24. The number of nitrogens with zero attached hydrogens (tertiary/aromatic N) is 2. The van der Waals surface area contributed by atoms with E-state index in [2.05, 4.69) is 30.6 Å². The van der Waals surface area contributed by atoms with Crippen LogP contribution in [0.1, 0.15) is 13.3 Å². The van der Waals surface area contributed by atoms with Crippen LogP contribution in [-0.2, 0) is 0 Å². The van der Waals surface area contributed by atoms with Gasteiger partial charge in [-0.3, -0.25) is 4.99 Å². The van der Waals surface area contributed by atoms with Crippen molar-refractivity contribution in [1.29, 1.82) is 0 Å². The number of hydrogen-bond donors (Lipinski definition) is 0. The van der Waals surface area contributed by atoms with Crippen LogP contribution in [-0.4, -0.2) is 19.4 Å². The van der Waals surface area contributed by atoms with Crippen LogP contribution in [0.3, 0.4) is 0 Å². The van der Waals surface area contributed by atoms with Crippen LogP contribution in [0.2, 0.25) is 0 Å². The molecule has 0 saturated carbocycles. The van der Waals surface area contributed by atoms with E-state index < -0.39 is 0 Å². The van der Waals surface area contributed by atoms with Gasteiger partial charge in [-0.05, 0) is 24.6 Å². The fraction of sp³-hybridized carbons (Fsp3) is 0.308. The second-order valence-corrected chi connectivity index (χ2v) is 3.34. The Morgan fingerprint density at radius 3 is 2.60 bits per heavy atom. The molecular weight excluding hydrogens is 184 g/mol. The van der Waals surface area contributed by atoms with Crippen molar-refractivity contribution in [3.63, 3.8) is 0 Å². The zero-order valence-electron chi connectivity index (χ0n) is 9.48. The van der Waals surface area contributed by atoms with E-state index in [0.29, 0.717) is 0 Å². The van der Waals surface area contributed by atoms with Gasteiger partial charge in [0.05, 0.1) is 0 Å². The summed E-state index contributed by atoms with van der Waals surface area (Å²) in [4.78, 5) is 6.51. The number of hydrogen-bond acceptors (Lipinski definition) is 1. The van der Waals surface area contributed by atoms with Crippen molar-refractivity contribution < 1.29 is 0 Å². The van der Waals surface area contributed by atoms with Gasteiger partial charge in [-0.2, -0.15) is 0 Å². The zero-order valence-corrected chi connectivity index (χ0v) is 9.48. The number of aliphatic imine (C=N–C) groups is 1. The standard InChI is InChI=1S/C13H18N2/c1-4-11-14-13(5-2)15(3)12-9-7-6-8-10-12/h5-10H,2,4,11H2,1,3H3. The Labute approximate surface area is 92.0 Å². The minimum Gasteiger partial charge on any atom is -0.330 e. The first kappa shape index (κ1) is 11.5. The van der Waals surface area contributed by atoms with Crippen LogP contribution < -0.4 is 4.90 Å². The molecule has 0 unspecified atom stereocenters. The Kier molecular flexibility index (Phi) is 4.61. The highest BCUT2D eigenvalue weighted by Crippen LogP contribution is 2.11. The third-order valence-corrected chi connectivity index (χ3v) is 2.17. The minimum absolute atomic E-state index is 0.846. The van der Waals surface area contributed by atoms with E-state index in [1.807, 2.05) is 30.1 Å². The molecule has 0 N–H and O–H groups in total. The van der Waals surface area contributed by atoms with Gasteiger partial charge < -0.3 is 4.90 Å². The summed E-state index contributed by atoms with van der Waals surface area (Å²) in [7, 11) is 2.01. The van der Waals surface area contributed by atoms with Gasteiger partial charge in [0.1, 0.15) is 5.84 Å². The maximum absolute atomic E-state index is 4.46. The quantitative estimate of drug-likeness (QED) is 0.541. The first-order valence-corrected chi connectivity index (χ1v) is 5.25. The Morgan fingerprint density at radius 2 is 2.07 bits per heavy atom. The molecule has 2 heteroatoms. The summed E-state index contributed by atoms with van der Waals surface area (Å²) in [5.41, 5.74) is 1.13. The fourth-order valence-electron chi connectivity index (χ4n) is 1.32. The molecule has 0 atom stereocenters. The van der Waals surface area contributed by atoms with Gasteiger partial charge in [0, 0.05) is 19.3 Å². The topological polar surface area (TPSA) is 15.6 Å². The highest BCUT2D eigenvalue weighted by atomic mass is 15.2. The van der Waals surface area contributed by atoms with Crippen molar-refractivity contribution in [3.05, 3.63) is 43.0 Å². The normalized spacial score (nSPS) is 11.2. The van der Waals surface area contributed by atoms with Gasteiger partial charge in [-0.1, -0.05) is 31.7 Å². The molecule has 2 nitrogen and oxygen atoms in total. The van der Waals surface area contributed by atoms with Crippen LogP contribution in [0.25, 0.3) is 0 Å². The van der Waals surface area contributed by atoms with Crippen LogP contribution in [0.5, 0.6) is 0 Å². The van der Waals surface area contributed by atoms with E-state index >= 15 is 0 Å². The lowest BCUT2D eigenvalue weighted by atomic mass is 10.3. The van der Waals surface area contributed by atoms with Crippen molar-refractivity contribution in [2.45, 2.75) is 13.3 Å². The van der Waals surface area contributed by atoms with E-state index in [-0.39, 0.29) is 0 Å². The second-order valence-electron chi connectivity index (χ2n) is 3.34. The van der Waals surface area contributed by atoms with Gasteiger partial charge in [0.25, 0.3) is 0 Å². The van der Waals surface area contributed by atoms with E-state index in [1.165, 1.54) is 0 Å². The molecule has 0 radical (unpaired) electrons. The summed E-state index contributed by atoms with van der Waals surface area (Å²) in [6.45, 7) is 6.75. The summed E-state index contributed by atoms with van der Waals surface area (Å²) >= 11 is 0. The van der Waals surface area contributed by atoms with Gasteiger partial charge in [0.15, 0.2) is 0 Å². The Balaban J connectivity index is 2.82. The first-order valence-electron chi connectivity index (χ1n) is 5.25. The Bertz CT molecular complexity index is 328. The lowest BCUT2D eigenvalue weighted by Crippen LogP contribution is -2.24. The van der Waals surface area contributed by atoms with Crippen molar-refractivity contribution in [1.82, 2.24) is 0 Å². The smallest absolute Gasteiger partial charge is 0.127 e. The van der Waals surface area contributed by atoms with Gasteiger partial charge in [0.2, 0.25) is 0 Å². The van der Waals surface area contributed by atoms with E-state index in [4.69, 9.17) is 0 Å². The first-order chi connectivity index (χ1) is 7.29. The van der Waals surface area contributed by atoms with Crippen LogP contribution in [0.15, 0.2) is 48.0 Å². The Hall–Kier alpha value is -1.57. The molecule has 1 aromatic carbocycles. The molecule has 1 rings (SSSR count). The number of rotatable bonds is 4. The summed E-state index contributed by atoms with van der Waals surface area (Å²) in [6, 6.07) is 10.2. The third-order valence-electron chi connectivity index (χ3n) is 2.17. The Morgan fingerprint density at radius 1 is 1.40 bits per heavy atom. The molecule has 15 heavy (non-hydrogen) atoms. The highest BCUT2D eigenvalue weighted by Gasteiger charge is 2.03. The molecule has 0 fully saturated rings. The molecule has 0 aliphatic heterocycles. The average Bonchev–Trinajstić information content (AvgIpc) is 2.31. The number of benzene rings is 1. The second kappa shape index (κ2) is 6.02. The van der Waals surface area contributed by atoms with Crippen molar-refractivity contribution in [3.8, 4) is 0 Å². The molecule has 0 bridgehead atoms. The van der Waals surface area contributed by atoms with Crippen LogP contribution in [0.4, 0.5) is 5.69 Å². The summed E-state index contributed by atoms with van der Waals surface area (Å²) < 4.78 is 0. The van der Waals surface area contributed by atoms with E-state index in [0.717, 1.165) is 24.5 Å². The fourth-order valence-corrected chi connectivity index (χ4v) is 1.32. The number of anilines is 1. The van der Waals surface area contributed by atoms with E-state index in [9.17, 15) is 0 Å².